The molecule has 2 fully saturated rings. The summed E-state index contributed by atoms with van der Waals surface area (Å²) in [4.78, 5) is 30.4. The number of rotatable bonds is 2. The summed E-state index contributed by atoms with van der Waals surface area (Å²) >= 11 is 1.48. The molecule has 2 aromatic heterocycles. The average Bonchev–Trinajstić information content (AvgIpc) is 3.34. The molecule has 0 radical (unpaired) electrons. The van der Waals surface area contributed by atoms with E-state index in [1.165, 1.54) is 24.9 Å². The minimum Gasteiger partial charge on any atom is -0.459 e. The number of fused-ring (bicyclic) bond motifs is 3. The van der Waals surface area contributed by atoms with E-state index in [1.54, 1.807) is 12.3 Å². The van der Waals surface area contributed by atoms with Crippen molar-refractivity contribution in [2.24, 2.45) is 5.92 Å². The standard InChI is InChI=1S/C18H17N3O3S/c1-24-17(22)3-2-12-10-25-15-8-19-14(7-13(12)15)18(23)20-16-6-11-4-5-21(16)9-11/h7-8,10-11,16H,4-6,9H2,1H3,(H,20,23). The maximum absolute atomic E-state index is 12.6. The highest BCUT2D eigenvalue weighted by molar-refractivity contribution is 7.17. The maximum Gasteiger partial charge on any atom is 0.384 e. The number of aromatic nitrogens is 1. The van der Waals surface area contributed by atoms with Gasteiger partial charge >= 0.3 is 5.97 Å². The Bertz CT molecular complexity index is 911. The molecule has 1 N–H and O–H groups in total. The van der Waals surface area contributed by atoms with Crippen molar-refractivity contribution in [2.75, 3.05) is 20.2 Å². The van der Waals surface area contributed by atoms with Gasteiger partial charge in [-0.1, -0.05) is 5.92 Å². The average molecular weight is 355 g/mol. The van der Waals surface area contributed by atoms with Crippen LogP contribution in [-0.4, -0.2) is 48.1 Å². The number of nitrogens with zero attached hydrogens (tertiary/aromatic N) is 2. The van der Waals surface area contributed by atoms with E-state index in [9.17, 15) is 9.59 Å². The number of thiophene rings is 1. The lowest BCUT2D eigenvalue weighted by molar-refractivity contribution is -0.133. The number of hydrogen-bond donors (Lipinski definition) is 1. The molecule has 4 rings (SSSR count). The Hall–Kier alpha value is -2.43. The van der Waals surface area contributed by atoms with Crippen LogP contribution in [-0.2, 0) is 9.53 Å². The lowest BCUT2D eigenvalue weighted by Gasteiger charge is -2.25. The SMILES string of the molecule is COC(=O)C#Cc1csc2cnc(C(=O)NC3CC4CCN3C4)cc12. The molecule has 3 atom stereocenters. The molecular weight excluding hydrogens is 338 g/mol. The first kappa shape index (κ1) is 16.1. The Kier molecular flexibility index (Phi) is 4.15. The highest BCUT2D eigenvalue weighted by Crippen LogP contribution is 2.31. The fraction of sp³-hybridized carbons (Fsp3) is 0.389. The number of nitrogens with one attached hydrogen (secondary N) is 1. The van der Waals surface area contributed by atoms with Crippen molar-refractivity contribution in [1.82, 2.24) is 15.2 Å². The van der Waals surface area contributed by atoms with E-state index in [4.69, 9.17) is 0 Å². The lowest BCUT2D eigenvalue weighted by atomic mass is 10.0. The molecule has 0 aromatic carbocycles. The maximum atomic E-state index is 12.6. The Balaban J connectivity index is 1.56. The van der Waals surface area contributed by atoms with E-state index in [-0.39, 0.29) is 12.1 Å². The van der Waals surface area contributed by atoms with E-state index < -0.39 is 5.97 Å². The highest BCUT2D eigenvalue weighted by Gasteiger charge is 2.38. The molecule has 25 heavy (non-hydrogen) atoms. The molecule has 128 valence electrons. The van der Waals surface area contributed by atoms with Gasteiger partial charge in [0.25, 0.3) is 5.91 Å². The number of methoxy groups -OCH3 is 1. The number of amides is 1. The van der Waals surface area contributed by atoms with Crippen molar-refractivity contribution in [3.05, 3.63) is 28.9 Å². The minimum atomic E-state index is -0.586. The summed E-state index contributed by atoms with van der Waals surface area (Å²) in [5.41, 5.74) is 1.07. The number of carbonyl (C=O) groups excluding carboxylic acids is 2. The Labute approximate surface area is 149 Å². The molecule has 6 nitrogen and oxygen atoms in total. The van der Waals surface area contributed by atoms with E-state index >= 15 is 0 Å². The Morgan fingerprint density at radius 2 is 2.36 bits per heavy atom. The second kappa shape index (κ2) is 6.47. The van der Waals surface area contributed by atoms with Crippen LogP contribution in [0.1, 0.15) is 28.9 Å². The number of esters is 1. The summed E-state index contributed by atoms with van der Waals surface area (Å²) in [5.74, 6) is 5.17. The fourth-order valence-corrected chi connectivity index (χ4v) is 4.34. The minimum absolute atomic E-state index is 0.116. The summed E-state index contributed by atoms with van der Waals surface area (Å²) < 4.78 is 5.46. The van der Waals surface area contributed by atoms with Crippen molar-refractivity contribution in [3.8, 4) is 11.8 Å². The third-order valence-electron chi connectivity index (χ3n) is 4.79. The molecule has 1 amide bonds. The third kappa shape index (κ3) is 3.11. The van der Waals surface area contributed by atoms with Crippen LogP contribution < -0.4 is 5.32 Å². The number of hydrogen-bond acceptors (Lipinski definition) is 6. The zero-order chi connectivity index (χ0) is 17.4. The molecular formula is C18H17N3O3S. The monoisotopic (exact) mass is 355 g/mol. The van der Waals surface area contributed by atoms with E-state index in [1.807, 2.05) is 5.38 Å². The summed E-state index contributed by atoms with van der Waals surface area (Å²) in [6.45, 7) is 2.13. The molecule has 2 aliphatic heterocycles. The largest absolute Gasteiger partial charge is 0.459 e. The first-order valence-corrected chi connectivity index (χ1v) is 9.04. The van der Waals surface area contributed by atoms with Gasteiger partial charge in [0.05, 0.1) is 18.0 Å². The normalized spacial score (nSPS) is 24.0. The molecule has 2 bridgehead atoms. The lowest BCUT2D eigenvalue weighted by Crippen LogP contribution is -2.45. The van der Waals surface area contributed by atoms with Gasteiger partial charge in [-0.15, -0.1) is 11.3 Å². The number of pyridine rings is 1. The van der Waals surface area contributed by atoms with Gasteiger partial charge in [0.2, 0.25) is 0 Å². The smallest absolute Gasteiger partial charge is 0.384 e. The predicted molar refractivity (Wildman–Crippen MR) is 94.1 cm³/mol. The number of piperidine rings is 1. The molecule has 0 aliphatic carbocycles. The van der Waals surface area contributed by atoms with Crippen molar-refractivity contribution < 1.29 is 14.3 Å². The van der Waals surface area contributed by atoms with Crippen molar-refractivity contribution >= 4 is 33.3 Å². The van der Waals surface area contributed by atoms with Crippen LogP contribution in [0, 0.1) is 17.8 Å². The van der Waals surface area contributed by atoms with Crippen LogP contribution in [0.2, 0.25) is 0 Å². The topological polar surface area (TPSA) is 71.5 Å². The number of carbonyl (C=O) groups is 2. The molecule has 3 unspecified atom stereocenters. The fourth-order valence-electron chi connectivity index (χ4n) is 3.50. The van der Waals surface area contributed by atoms with Gasteiger partial charge < -0.3 is 10.1 Å². The van der Waals surface area contributed by atoms with Crippen molar-refractivity contribution in [3.63, 3.8) is 0 Å². The van der Waals surface area contributed by atoms with Crippen LogP contribution >= 0.6 is 11.3 Å². The van der Waals surface area contributed by atoms with Crippen LogP contribution in [0.5, 0.6) is 0 Å². The van der Waals surface area contributed by atoms with Gasteiger partial charge in [-0.25, -0.2) is 9.78 Å². The molecule has 7 heteroatoms. The van der Waals surface area contributed by atoms with Gasteiger partial charge in [-0.2, -0.15) is 0 Å². The molecule has 4 heterocycles. The van der Waals surface area contributed by atoms with Crippen LogP contribution in [0.3, 0.4) is 0 Å². The van der Waals surface area contributed by atoms with E-state index in [2.05, 4.69) is 31.8 Å². The first-order valence-electron chi connectivity index (χ1n) is 8.16. The highest BCUT2D eigenvalue weighted by atomic mass is 32.1. The van der Waals surface area contributed by atoms with Gasteiger partial charge in [0, 0.05) is 41.5 Å². The molecule has 2 aliphatic rings. The zero-order valence-electron chi connectivity index (χ0n) is 13.7. The van der Waals surface area contributed by atoms with Crippen LogP contribution in [0.4, 0.5) is 0 Å². The van der Waals surface area contributed by atoms with Gasteiger partial charge in [0.1, 0.15) is 5.69 Å². The van der Waals surface area contributed by atoms with Gasteiger partial charge in [-0.05, 0) is 24.8 Å². The zero-order valence-corrected chi connectivity index (χ0v) is 14.6. The molecule has 2 saturated heterocycles. The van der Waals surface area contributed by atoms with Crippen LogP contribution in [0.25, 0.3) is 10.1 Å². The van der Waals surface area contributed by atoms with Crippen molar-refractivity contribution in [2.45, 2.75) is 19.0 Å². The Morgan fingerprint density at radius 1 is 1.48 bits per heavy atom. The third-order valence-corrected chi connectivity index (χ3v) is 5.72. The Morgan fingerprint density at radius 3 is 3.08 bits per heavy atom. The first-order chi connectivity index (χ1) is 12.1. The van der Waals surface area contributed by atoms with E-state index in [0.717, 1.165) is 29.6 Å². The quantitative estimate of drug-likeness (QED) is 0.654. The predicted octanol–water partition coefficient (Wildman–Crippen LogP) is 1.60. The van der Waals surface area contributed by atoms with Gasteiger partial charge in [-0.3, -0.25) is 9.69 Å². The second-order valence-electron chi connectivity index (χ2n) is 6.33. The molecule has 2 aromatic rings. The molecule has 0 saturated carbocycles. The second-order valence-corrected chi connectivity index (χ2v) is 7.24. The van der Waals surface area contributed by atoms with E-state index in [0.29, 0.717) is 17.2 Å². The van der Waals surface area contributed by atoms with Crippen LogP contribution in [0.15, 0.2) is 17.6 Å². The summed E-state index contributed by atoms with van der Waals surface area (Å²) in [7, 11) is 1.29. The van der Waals surface area contributed by atoms with Crippen molar-refractivity contribution in [1.29, 1.82) is 0 Å². The summed E-state index contributed by atoms with van der Waals surface area (Å²) in [6, 6.07) is 1.74. The molecule has 0 spiro atoms. The summed E-state index contributed by atoms with van der Waals surface area (Å²) in [5, 5.41) is 5.76. The number of ether oxygens (including phenoxy) is 1. The summed E-state index contributed by atoms with van der Waals surface area (Å²) in [6.07, 6.45) is 4.04. The van der Waals surface area contributed by atoms with Gasteiger partial charge in [0.15, 0.2) is 0 Å².